The fraction of sp³-hybridized carbons (Fsp3) is 0.667. The second-order valence-electron chi connectivity index (χ2n) is 5.05. The van der Waals surface area contributed by atoms with E-state index in [1.54, 1.807) is 0 Å². The molecule has 21 heavy (non-hydrogen) atoms. The van der Waals surface area contributed by atoms with Crippen LogP contribution in [0.15, 0.2) is 4.52 Å². The van der Waals surface area contributed by atoms with Gasteiger partial charge in [-0.1, -0.05) is 5.16 Å². The minimum absolute atomic E-state index is 0.00416. The number of carbonyl (C=O) groups excluding carboxylic acids is 1. The van der Waals surface area contributed by atoms with Crippen molar-refractivity contribution in [3.63, 3.8) is 0 Å². The highest BCUT2D eigenvalue weighted by Gasteiger charge is 2.32. The Morgan fingerprint density at radius 2 is 2.29 bits per heavy atom. The minimum atomic E-state index is -1.09. The molecule has 0 spiro atoms. The monoisotopic (exact) mass is 296 g/mol. The Hall–Kier alpha value is -2.00. The second kappa shape index (κ2) is 5.78. The van der Waals surface area contributed by atoms with Gasteiger partial charge in [0.1, 0.15) is 0 Å². The molecular weight excluding hydrogens is 280 g/mol. The molecule has 3 rings (SSSR count). The smallest absolute Gasteiger partial charge is 0.334 e. The molecule has 2 fully saturated rings. The van der Waals surface area contributed by atoms with Crippen LogP contribution in [0.4, 0.5) is 0 Å². The number of nitrogens with zero attached hydrogens (tertiary/aromatic N) is 3. The maximum absolute atomic E-state index is 12.3. The molecule has 1 aromatic heterocycles. The van der Waals surface area contributed by atoms with Gasteiger partial charge in [-0.25, -0.2) is 4.79 Å². The molecule has 2 aliphatic heterocycles. The first kappa shape index (κ1) is 14.0. The molecule has 0 aromatic carbocycles. The highest BCUT2D eigenvalue weighted by molar-refractivity contribution is 5.90. The number of aromatic nitrogens is 2. The van der Waals surface area contributed by atoms with Crippen LogP contribution >= 0.6 is 0 Å². The van der Waals surface area contributed by atoms with E-state index in [-0.39, 0.29) is 25.0 Å². The van der Waals surface area contributed by atoms with Crippen molar-refractivity contribution in [2.45, 2.75) is 25.0 Å². The van der Waals surface area contributed by atoms with Gasteiger partial charge in [0.15, 0.2) is 6.10 Å². The molecule has 114 valence electrons. The highest BCUT2D eigenvalue weighted by Crippen LogP contribution is 2.21. The van der Waals surface area contributed by atoms with Crippen molar-refractivity contribution in [1.82, 2.24) is 20.4 Å². The second-order valence-corrected chi connectivity index (χ2v) is 5.05. The average Bonchev–Trinajstić information content (AvgIpc) is 3.17. The Morgan fingerprint density at radius 3 is 3.00 bits per heavy atom. The largest absolute Gasteiger partial charge is 0.479 e. The van der Waals surface area contributed by atoms with Crippen LogP contribution in [-0.4, -0.2) is 64.4 Å². The highest BCUT2D eigenvalue weighted by atomic mass is 16.5. The Bertz CT molecular complexity index is 540. The van der Waals surface area contributed by atoms with Crippen LogP contribution in [0.5, 0.6) is 0 Å². The van der Waals surface area contributed by atoms with Gasteiger partial charge in [-0.2, -0.15) is 4.98 Å². The van der Waals surface area contributed by atoms with Crippen molar-refractivity contribution in [3.8, 4) is 0 Å². The Kier molecular flexibility index (Phi) is 3.84. The summed E-state index contributed by atoms with van der Waals surface area (Å²) in [6, 6.07) is -0.00416. The SMILES string of the molecule is O=C(O)C1CN(C(=O)c2noc(C3CCCN3)n2)CCO1. The summed E-state index contributed by atoms with van der Waals surface area (Å²) >= 11 is 0. The van der Waals surface area contributed by atoms with E-state index in [1.165, 1.54) is 4.90 Å². The summed E-state index contributed by atoms with van der Waals surface area (Å²) in [5, 5.41) is 15.8. The van der Waals surface area contributed by atoms with Crippen molar-refractivity contribution in [2.75, 3.05) is 26.2 Å². The molecule has 9 nitrogen and oxygen atoms in total. The molecule has 2 aliphatic rings. The summed E-state index contributed by atoms with van der Waals surface area (Å²) in [6.07, 6.45) is 0.916. The van der Waals surface area contributed by atoms with Gasteiger partial charge in [0.2, 0.25) is 5.89 Å². The zero-order chi connectivity index (χ0) is 14.8. The van der Waals surface area contributed by atoms with Crippen LogP contribution in [0, 0.1) is 0 Å². The molecule has 0 radical (unpaired) electrons. The van der Waals surface area contributed by atoms with Crippen molar-refractivity contribution < 1.29 is 24.0 Å². The number of aliphatic carboxylic acids is 1. The molecule has 0 saturated carbocycles. The molecule has 3 heterocycles. The standard InChI is InChI=1S/C12H16N4O5/c17-11(16-4-5-20-8(6-16)12(18)19)9-14-10(21-15-9)7-2-1-3-13-7/h7-8,13H,1-6H2,(H,18,19). The summed E-state index contributed by atoms with van der Waals surface area (Å²) in [4.78, 5) is 28.7. The zero-order valence-corrected chi connectivity index (χ0v) is 11.3. The predicted molar refractivity (Wildman–Crippen MR) is 67.6 cm³/mol. The lowest BCUT2D eigenvalue weighted by Gasteiger charge is -2.29. The fourth-order valence-electron chi connectivity index (χ4n) is 2.48. The number of morpholine rings is 1. The molecule has 2 unspecified atom stereocenters. The topological polar surface area (TPSA) is 118 Å². The molecular formula is C12H16N4O5. The lowest BCUT2D eigenvalue weighted by atomic mass is 10.2. The first-order valence-corrected chi connectivity index (χ1v) is 6.86. The van der Waals surface area contributed by atoms with E-state index in [2.05, 4.69) is 15.5 Å². The summed E-state index contributed by atoms with van der Waals surface area (Å²) in [5.74, 6) is -1.15. The predicted octanol–water partition coefficient (Wildman–Crippen LogP) is -0.580. The Morgan fingerprint density at radius 1 is 1.43 bits per heavy atom. The van der Waals surface area contributed by atoms with E-state index < -0.39 is 18.0 Å². The fourth-order valence-corrected chi connectivity index (χ4v) is 2.48. The number of amides is 1. The van der Waals surface area contributed by atoms with Gasteiger partial charge in [-0.05, 0) is 19.4 Å². The Labute approximate surface area is 120 Å². The summed E-state index contributed by atoms with van der Waals surface area (Å²) in [7, 11) is 0. The maximum Gasteiger partial charge on any atom is 0.334 e. The number of ether oxygens (including phenoxy) is 1. The van der Waals surface area contributed by atoms with Crippen LogP contribution in [-0.2, 0) is 9.53 Å². The average molecular weight is 296 g/mol. The van der Waals surface area contributed by atoms with Crippen molar-refractivity contribution >= 4 is 11.9 Å². The van der Waals surface area contributed by atoms with Crippen molar-refractivity contribution in [1.29, 1.82) is 0 Å². The van der Waals surface area contributed by atoms with Crippen molar-refractivity contribution in [3.05, 3.63) is 11.7 Å². The lowest BCUT2D eigenvalue weighted by molar-refractivity contribution is -0.154. The van der Waals surface area contributed by atoms with Crippen LogP contribution in [0.3, 0.4) is 0 Å². The van der Waals surface area contributed by atoms with Crippen LogP contribution < -0.4 is 5.32 Å². The third-order valence-electron chi connectivity index (χ3n) is 3.62. The molecule has 1 amide bonds. The number of rotatable bonds is 3. The van der Waals surface area contributed by atoms with Crippen LogP contribution in [0.1, 0.15) is 35.4 Å². The van der Waals surface area contributed by atoms with Gasteiger partial charge in [0, 0.05) is 6.54 Å². The number of carboxylic acid groups (broad SMARTS) is 1. The molecule has 2 atom stereocenters. The number of hydrogen-bond acceptors (Lipinski definition) is 7. The van der Waals surface area contributed by atoms with E-state index in [9.17, 15) is 9.59 Å². The minimum Gasteiger partial charge on any atom is -0.479 e. The third kappa shape index (κ3) is 2.88. The van der Waals surface area contributed by atoms with Gasteiger partial charge in [-0.15, -0.1) is 0 Å². The van der Waals surface area contributed by atoms with Crippen LogP contribution in [0.2, 0.25) is 0 Å². The molecule has 0 aliphatic carbocycles. The molecule has 0 bridgehead atoms. The number of carbonyl (C=O) groups is 2. The first-order valence-electron chi connectivity index (χ1n) is 6.86. The normalized spacial score (nSPS) is 26.0. The number of nitrogens with one attached hydrogen (secondary N) is 1. The molecule has 2 N–H and O–H groups in total. The van der Waals surface area contributed by atoms with E-state index in [1.807, 2.05) is 0 Å². The molecule has 1 aromatic rings. The zero-order valence-electron chi connectivity index (χ0n) is 11.3. The number of hydrogen-bond donors (Lipinski definition) is 2. The van der Waals surface area contributed by atoms with Gasteiger partial charge in [0.05, 0.1) is 19.2 Å². The van der Waals surface area contributed by atoms with Gasteiger partial charge < -0.3 is 24.6 Å². The summed E-state index contributed by atoms with van der Waals surface area (Å²) in [6.45, 7) is 1.37. The maximum atomic E-state index is 12.3. The first-order chi connectivity index (χ1) is 10.1. The van der Waals surface area contributed by atoms with Crippen LogP contribution in [0.25, 0.3) is 0 Å². The van der Waals surface area contributed by atoms with Crippen molar-refractivity contribution in [2.24, 2.45) is 0 Å². The molecule has 2 saturated heterocycles. The summed E-state index contributed by atoms with van der Waals surface area (Å²) in [5.41, 5.74) is 0. The van der Waals surface area contributed by atoms with Gasteiger partial charge in [-0.3, -0.25) is 4.79 Å². The quantitative estimate of drug-likeness (QED) is 0.760. The lowest BCUT2D eigenvalue weighted by Crippen LogP contribution is -2.48. The van der Waals surface area contributed by atoms with E-state index in [0.717, 1.165) is 19.4 Å². The van der Waals surface area contributed by atoms with E-state index >= 15 is 0 Å². The van der Waals surface area contributed by atoms with Gasteiger partial charge in [0.25, 0.3) is 11.7 Å². The Balaban J connectivity index is 1.68. The summed E-state index contributed by atoms with van der Waals surface area (Å²) < 4.78 is 10.2. The number of carboxylic acids is 1. The van der Waals surface area contributed by atoms with E-state index in [4.69, 9.17) is 14.4 Å². The van der Waals surface area contributed by atoms with E-state index in [0.29, 0.717) is 12.4 Å². The van der Waals surface area contributed by atoms with Gasteiger partial charge >= 0.3 is 5.97 Å². The molecule has 9 heteroatoms. The third-order valence-corrected chi connectivity index (χ3v) is 3.62.